The maximum atomic E-state index is 5.91. The number of hydrogen-bond acceptors (Lipinski definition) is 1. The molecule has 0 aliphatic heterocycles. The summed E-state index contributed by atoms with van der Waals surface area (Å²) in [6.45, 7) is 5.23. The second-order valence-electron chi connectivity index (χ2n) is 4.99. The average molecular weight is 233 g/mol. The van der Waals surface area contributed by atoms with Crippen molar-refractivity contribution in [2.75, 3.05) is 6.54 Å². The molecule has 0 spiro atoms. The lowest BCUT2D eigenvalue weighted by molar-refractivity contribution is 0.548. The minimum absolute atomic E-state index is 0.554. The van der Waals surface area contributed by atoms with Crippen LogP contribution in [-0.4, -0.2) is 6.54 Å². The van der Waals surface area contributed by atoms with Crippen molar-refractivity contribution in [3.8, 4) is 0 Å². The summed E-state index contributed by atoms with van der Waals surface area (Å²) in [6, 6.07) is 8.66. The molecular weight excluding hydrogens is 206 g/mol. The Balaban J connectivity index is 2.41. The van der Waals surface area contributed by atoms with Crippen LogP contribution in [-0.2, 0) is 0 Å². The zero-order chi connectivity index (χ0) is 12.5. The number of rotatable bonds is 8. The second-order valence-corrected chi connectivity index (χ2v) is 4.99. The maximum Gasteiger partial charge on any atom is -0.000814 e. The Kier molecular flexibility index (Phi) is 6.95. The van der Waals surface area contributed by atoms with Crippen LogP contribution in [0.2, 0.25) is 0 Å². The van der Waals surface area contributed by atoms with Gasteiger partial charge in [0.25, 0.3) is 0 Å². The van der Waals surface area contributed by atoms with Crippen LogP contribution in [0, 0.1) is 6.92 Å². The first kappa shape index (κ1) is 14.2. The van der Waals surface area contributed by atoms with E-state index in [1.165, 1.54) is 49.7 Å². The molecule has 0 radical (unpaired) electrons. The van der Waals surface area contributed by atoms with Crippen LogP contribution in [0.5, 0.6) is 0 Å². The molecule has 1 aromatic carbocycles. The van der Waals surface area contributed by atoms with Crippen molar-refractivity contribution in [1.82, 2.24) is 0 Å². The van der Waals surface area contributed by atoms with Crippen LogP contribution in [0.3, 0.4) is 0 Å². The highest BCUT2D eigenvalue weighted by Gasteiger charge is 2.10. The van der Waals surface area contributed by atoms with Gasteiger partial charge in [-0.15, -0.1) is 0 Å². The average Bonchev–Trinajstić information content (AvgIpc) is 2.35. The van der Waals surface area contributed by atoms with E-state index in [1.54, 1.807) is 0 Å². The molecule has 2 N–H and O–H groups in total. The standard InChI is InChI=1S/C16H27N/c1-3-4-5-6-7-11-15(13-17)16-12-9-8-10-14(16)2/h8-10,12,15H,3-7,11,13,17H2,1-2H3. The van der Waals surface area contributed by atoms with Crippen molar-refractivity contribution < 1.29 is 0 Å². The van der Waals surface area contributed by atoms with Gasteiger partial charge in [-0.05, 0) is 36.9 Å². The molecule has 0 aromatic heterocycles. The quantitative estimate of drug-likeness (QED) is 0.662. The Bertz CT molecular complexity index is 306. The normalized spacial score (nSPS) is 12.6. The number of unbranched alkanes of at least 4 members (excludes halogenated alkanes) is 4. The van der Waals surface area contributed by atoms with E-state index in [9.17, 15) is 0 Å². The highest BCUT2D eigenvalue weighted by Crippen LogP contribution is 2.24. The third kappa shape index (κ3) is 4.91. The van der Waals surface area contributed by atoms with Gasteiger partial charge in [-0.3, -0.25) is 0 Å². The first-order valence-corrected chi connectivity index (χ1v) is 7.05. The summed E-state index contributed by atoms with van der Waals surface area (Å²) in [7, 11) is 0. The number of hydrogen-bond donors (Lipinski definition) is 1. The number of benzene rings is 1. The number of aryl methyl sites for hydroxylation is 1. The van der Waals surface area contributed by atoms with Gasteiger partial charge in [-0.25, -0.2) is 0 Å². The topological polar surface area (TPSA) is 26.0 Å². The Morgan fingerprint density at radius 2 is 1.76 bits per heavy atom. The molecule has 1 aromatic rings. The first-order valence-electron chi connectivity index (χ1n) is 7.05. The summed E-state index contributed by atoms with van der Waals surface area (Å²) < 4.78 is 0. The van der Waals surface area contributed by atoms with Gasteiger partial charge in [0.1, 0.15) is 0 Å². The molecular formula is C16H27N. The zero-order valence-electron chi connectivity index (χ0n) is 11.4. The molecule has 17 heavy (non-hydrogen) atoms. The van der Waals surface area contributed by atoms with Crippen molar-refractivity contribution in [3.63, 3.8) is 0 Å². The van der Waals surface area contributed by atoms with E-state index in [1.807, 2.05) is 0 Å². The van der Waals surface area contributed by atoms with Gasteiger partial charge < -0.3 is 5.73 Å². The molecule has 0 saturated carbocycles. The van der Waals surface area contributed by atoms with E-state index in [0.29, 0.717) is 5.92 Å². The summed E-state index contributed by atoms with van der Waals surface area (Å²) >= 11 is 0. The predicted molar refractivity (Wildman–Crippen MR) is 76.4 cm³/mol. The summed E-state index contributed by atoms with van der Waals surface area (Å²) in [5, 5.41) is 0. The van der Waals surface area contributed by atoms with E-state index in [-0.39, 0.29) is 0 Å². The lowest BCUT2D eigenvalue weighted by Crippen LogP contribution is -2.13. The Morgan fingerprint density at radius 3 is 2.41 bits per heavy atom. The Hall–Kier alpha value is -0.820. The maximum absolute atomic E-state index is 5.91. The molecule has 1 unspecified atom stereocenters. The van der Waals surface area contributed by atoms with Gasteiger partial charge in [0.05, 0.1) is 0 Å². The molecule has 0 amide bonds. The zero-order valence-corrected chi connectivity index (χ0v) is 11.4. The van der Waals surface area contributed by atoms with Crippen molar-refractivity contribution in [3.05, 3.63) is 35.4 Å². The van der Waals surface area contributed by atoms with Gasteiger partial charge in [0.2, 0.25) is 0 Å². The van der Waals surface area contributed by atoms with Crippen LogP contribution < -0.4 is 5.73 Å². The van der Waals surface area contributed by atoms with Crippen LogP contribution in [0.4, 0.5) is 0 Å². The molecule has 1 rings (SSSR count). The fourth-order valence-corrected chi connectivity index (χ4v) is 2.44. The molecule has 1 nitrogen and oxygen atoms in total. The van der Waals surface area contributed by atoms with Crippen LogP contribution in [0.1, 0.15) is 62.5 Å². The summed E-state index contributed by atoms with van der Waals surface area (Å²) in [6.07, 6.45) is 7.98. The van der Waals surface area contributed by atoms with Crippen molar-refractivity contribution in [2.24, 2.45) is 5.73 Å². The van der Waals surface area contributed by atoms with Gasteiger partial charge in [-0.2, -0.15) is 0 Å². The van der Waals surface area contributed by atoms with Crippen LogP contribution in [0.25, 0.3) is 0 Å². The third-order valence-electron chi connectivity index (χ3n) is 3.57. The molecule has 0 heterocycles. The molecule has 0 aliphatic carbocycles. The van der Waals surface area contributed by atoms with Gasteiger partial charge in [0.15, 0.2) is 0 Å². The molecule has 1 heteroatoms. The van der Waals surface area contributed by atoms with Crippen molar-refractivity contribution in [1.29, 1.82) is 0 Å². The van der Waals surface area contributed by atoms with E-state index in [2.05, 4.69) is 38.1 Å². The lowest BCUT2D eigenvalue weighted by Gasteiger charge is -2.17. The van der Waals surface area contributed by atoms with E-state index < -0.39 is 0 Å². The summed E-state index contributed by atoms with van der Waals surface area (Å²) in [5.41, 5.74) is 8.75. The monoisotopic (exact) mass is 233 g/mol. The largest absolute Gasteiger partial charge is 0.330 e. The van der Waals surface area contributed by atoms with Crippen molar-refractivity contribution in [2.45, 2.75) is 58.3 Å². The highest BCUT2D eigenvalue weighted by molar-refractivity contribution is 5.29. The molecule has 96 valence electrons. The van der Waals surface area contributed by atoms with Gasteiger partial charge in [-0.1, -0.05) is 63.3 Å². The molecule has 1 atom stereocenters. The minimum atomic E-state index is 0.554. The fourth-order valence-electron chi connectivity index (χ4n) is 2.44. The van der Waals surface area contributed by atoms with Gasteiger partial charge in [0, 0.05) is 0 Å². The summed E-state index contributed by atoms with van der Waals surface area (Å²) in [5.74, 6) is 0.554. The highest BCUT2D eigenvalue weighted by atomic mass is 14.5. The smallest absolute Gasteiger partial charge is 0.000814 e. The molecule has 0 bridgehead atoms. The van der Waals surface area contributed by atoms with E-state index in [0.717, 1.165) is 6.54 Å². The first-order chi connectivity index (χ1) is 8.29. The Labute approximate surface area is 106 Å². The van der Waals surface area contributed by atoms with Gasteiger partial charge >= 0.3 is 0 Å². The lowest BCUT2D eigenvalue weighted by atomic mass is 9.90. The molecule has 0 saturated heterocycles. The fraction of sp³-hybridized carbons (Fsp3) is 0.625. The minimum Gasteiger partial charge on any atom is -0.330 e. The van der Waals surface area contributed by atoms with E-state index >= 15 is 0 Å². The van der Waals surface area contributed by atoms with Crippen LogP contribution >= 0.6 is 0 Å². The van der Waals surface area contributed by atoms with Crippen LogP contribution in [0.15, 0.2) is 24.3 Å². The predicted octanol–water partition coefficient (Wildman–Crippen LogP) is 4.40. The molecule has 0 fully saturated rings. The SMILES string of the molecule is CCCCCCCC(CN)c1ccccc1C. The number of nitrogens with two attached hydrogens (primary N) is 1. The van der Waals surface area contributed by atoms with E-state index in [4.69, 9.17) is 5.73 Å². The Morgan fingerprint density at radius 1 is 1.06 bits per heavy atom. The van der Waals surface area contributed by atoms with Crippen molar-refractivity contribution >= 4 is 0 Å². The third-order valence-corrected chi connectivity index (χ3v) is 3.57. The summed E-state index contributed by atoms with van der Waals surface area (Å²) in [4.78, 5) is 0. The molecule has 0 aliphatic rings. The second kappa shape index (κ2) is 8.30.